The van der Waals surface area contributed by atoms with Crippen LogP contribution in [0, 0.1) is 0 Å². The first-order chi connectivity index (χ1) is 17.1. The lowest BCUT2D eigenvalue weighted by atomic mass is 10.0. The molecule has 1 aliphatic heterocycles. The maximum atomic E-state index is 13.3. The summed E-state index contributed by atoms with van der Waals surface area (Å²) in [5.41, 5.74) is 5.49. The van der Waals surface area contributed by atoms with E-state index in [4.69, 9.17) is 0 Å². The molecule has 1 saturated heterocycles. The molecule has 3 aromatic rings. The van der Waals surface area contributed by atoms with Gasteiger partial charge in [0.1, 0.15) is 0 Å². The lowest BCUT2D eigenvalue weighted by Gasteiger charge is -2.26. The third kappa shape index (κ3) is 5.13. The standard InChI is InChI=1S/C29H33N5O/c1-21(17-22(19-30-2)20-34-15-7-4-8-16-34)23-11-12-26-25(18-23)27(33-32-26)28(35)31-29(13-14-29)24-9-5-3-6-10-24/h3,5-6,9-12,17-19H,2,4,7-8,13-16,20H2,1H3,(H,31,35)(H,32,33)/b21-17+,22-19+. The highest BCUT2D eigenvalue weighted by Gasteiger charge is 2.46. The van der Waals surface area contributed by atoms with E-state index in [1.165, 1.54) is 19.3 Å². The molecule has 0 bridgehead atoms. The third-order valence-electron chi connectivity index (χ3n) is 7.18. The van der Waals surface area contributed by atoms with Crippen LogP contribution < -0.4 is 5.32 Å². The van der Waals surface area contributed by atoms with E-state index in [1.807, 2.05) is 30.5 Å². The smallest absolute Gasteiger partial charge is 0.273 e. The van der Waals surface area contributed by atoms with Crippen LogP contribution in [0.1, 0.15) is 60.6 Å². The molecule has 0 spiro atoms. The first kappa shape index (κ1) is 23.2. The molecular formula is C29H33N5O. The predicted octanol–water partition coefficient (Wildman–Crippen LogP) is 5.46. The van der Waals surface area contributed by atoms with Crippen LogP contribution in [0.15, 0.2) is 71.4 Å². The molecule has 0 atom stereocenters. The van der Waals surface area contributed by atoms with Gasteiger partial charge in [-0.3, -0.25) is 19.8 Å². The van der Waals surface area contributed by atoms with Gasteiger partial charge in [0.15, 0.2) is 5.69 Å². The first-order valence-corrected chi connectivity index (χ1v) is 12.5. The molecule has 6 heteroatoms. The van der Waals surface area contributed by atoms with Gasteiger partial charge in [0.25, 0.3) is 5.91 Å². The van der Waals surface area contributed by atoms with Crippen molar-refractivity contribution in [2.75, 3.05) is 19.6 Å². The van der Waals surface area contributed by atoms with Gasteiger partial charge in [-0.15, -0.1) is 0 Å². The number of carbonyl (C=O) groups excluding carboxylic acids is 1. The number of aromatic amines is 1. The number of hydrogen-bond acceptors (Lipinski definition) is 4. The first-order valence-electron chi connectivity index (χ1n) is 12.5. The quantitative estimate of drug-likeness (QED) is 0.341. The van der Waals surface area contributed by atoms with Gasteiger partial charge in [0, 0.05) is 18.1 Å². The molecule has 2 aromatic carbocycles. The van der Waals surface area contributed by atoms with Crippen LogP contribution in [-0.4, -0.2) is 47.4 Å². The molecule has 35 heavy (non-hydrogen) atoms. The topological polar surface area (TPSA) is 73.4 Å². The highest BCUT2D eigenvalue weighted by atomic mass is 16.2. The number of allylic oxidation sites excluding steroid dienone is 1. The number of likely N-dealkylation sites (tertiary alicyclic amines) is 1. The number of fused-ring (bicyclic) bond motifs is 1. The summed E-state index contributed by atoms with van der Waals surface area (Å²) in [6.07, 6.45) is 9.75. The number of hydrogen-bond donors (Lipinski definition) is 2. The molecule has 2 heterocycles. The van der Waals surface area contributed by atoms with E-state index in [-0.39, 0.29) is 11.4 Å². The van der Waals surface area contributed by atoms with Crippen molar-refractivity contribution < 1.29 is 4.79 Å². The SMILES string of the molecule is C=N/C=C(\C=C(/C)c1ccc2[nH]nc(C(=O)NC3(c4ccccc4)CC3)c2c1)CN1CCCCC1. The fourth-order valence-electron chi connectivity index (χ4n) is 5.06. The average Bonchev–Trinajstić information content (AvgIpc) is 3.54. The molecule has 2 aliphatic rings. The Morgan fingerprint density at radius 1 is 1.17 bits per heavy atom. The number of benzene rings is 2. The van der Waals surface area contributed by atoms with Crippen molar-refractivity contribution in [1.82, 2.24) is 20.4 Å². The van der Waals surface area contributed by atoms with E-state index in [0.717, 1.165) is 65.7 Å². The van der Waals surface area contributed by atoms with Crippen molar-refractivity contribution in [2.45, 2.75) is 44.6 Å². The predicted molar refractivity (Wildman–Crippen MR) is 142 cm³/mol. The minimum Gasteiger partial charge on any atom is -0.341 e. The van der Waals surface area contributed by atoms with E-state index < -0.39 is 0 Å². The Morgan fingerprint density at radius 3 is 2.66 bits per heavy atom. The number of H-pyrrole nitrogens is 1. The van der Waals surface area contributed by atoms with E-state index in [2.05, 4.69) is 69.4 Å². The highest BCUT2D eigenvalue weighted by Crippen LogP contribution is 2.45. The van der Waals surface area contributed by atoms with Gasteiger partial charge in [-0.05, 0) is 86.8 Å². The Kier molecular flexibility index (Phi) is 6.64. The average molecular weight is 468 g/mol. The molecule has 0 radical (unpaired) electrons. The Balaban J connectivity index is 1.38. The van der Waals surface area contributed by atoms with Gasteiger partial charge in [-0.1, -0.05) is 48.9 Å². The molecule has 2 fully saturated rings. The number of piperidine rings is 1. The molecule has 1 amide bonds. The second-order valence-electron chi connectivity index (χ2n) is 9.79. The summed E-state index contributed by atoms with van der Waals surface area (Å²) in [7, 11) is 0. The maximum absolute atomic E-state index is 13.3. The molecule has 0 unspecified atom stereocenters. The van der Waals surface area contributed by atoms with Gasteiger partial charge in [0.2, 0.25) is 0 Å². The number of carbonyl (C=O) groups is 1. The van der Waals surface area contributed by atoms with Crippen molar-refractivity contribution in [1.29, 1.82) is 0 Å². The lowest BCUT2D eigenvalue weighted by molar-refractivity contribution is 0.0927. The Hall–Kier alpha value is -3.51. The number of nitrogens with zero attached hydrogens (tertiary/aromatic N) is 3. The molecule has 6 nitrogen and oxygen atoms in total. The number of amides is 1. The Bertz CT molecular complexity index is 1280. The maximum Gasteiger partial charge on any atom is 0.273 e. The van der Waals surface area contributed by atoms with Gasteiger partial charge >= 0.3 is 0 Å². The number of rotatable bonds is 8. The molecule has 1 aliphatic carbocycles. The minimum absolute atomic E-state index is 0.141. The molecule has 180 valence electrons. The zero-order valence-corrected chi connectivity index (χ0v) is 20.4. The van der Waals surface area contributed by atoms with Crippen LogP contribution in [0.4, 0.5) is 0 Å². The molecule has 5 rings (SSSR count). The van der Waals surface area contributed by atoms with Crippen molar-refractivity contribution in [3.05, 3.63) is 83.2 Å². The molecule has 1 aromatic heterocycles. The van der Waals surface area contributed by atoms with E-state index >= 15 is 0 Å². The van der Waals surface area contributed by atoms with Gasteiger partial charge in [-0.2, -0.15) is 5.10 Å². The fraction of sp³-hybridized carbons (Fsp3) is 0.345. The monoisotopic (exact) mass is 467 g/mol. The summed E-state index contributed by atoms with van der Waals surface area (Å²) < 4.78 is 0. The number of nitrogens with one attached hydrogen (secondary N) is 2. The van der Waals surface area contributed by atoms with Gasteiger partial charge in [0.05, 0.1) is 11.1 Å². The van der Waals surface area contributed by atoms with E-state index in [1.54, 1.807) is 0 Å². The Labute approximate surface area is 206 Å². The second-order valence-corrected chi connectivity index (χ2v) is 9.79. The fourth-order valence-corrected chi connectivity index (χ4v) is 5.06. The number of aliphatic imine (C=N–C) groups is 1. The zero-order valence-electron chi connectivity index (χ0n) is 20.4. The van der Waals surface area contributed by atoms with Gasteiger partial charge < -0.3 is 5.32 Å². The van der Waals surface area contributed by atoms with Crippen molar-refractivity contribution in [3.63, 3.8) is 0 Å². The summed E-state index contributed by atoms with van der Waals surface area (Å²) in [5.74, 6) is -0.141. The Morgan fingerprint density at radius 2 is 1.94 bits per heavy atom. The van der Waals surface area contributed by atoms with Crippen LogP contribution >= 0.6 is 0 Å². The summed E-state index contributed by atoms with van der Waals surface area (Å²) in [6, 6.07) is 16.3. The lowest BCUT2D eigenvalue weighted by Crippen LogP contribution is -2.35. The largest absolute Gasteiger partial charge is 0.341 e. The molecule has 2 N–H and O–H groups in total. The normalized spacial score (nSPS) is 18.4. The van der Waals surface area contributed by atoms with Gasteiger partial charge in [-0.25, -0.2) is 0 Å². The number of aromatic nitrogens is 2. The summed E-state index contributed by atoms with van der Waals surface area (Å²) in [6.45, 7) is 8.90. The molecule has 1 saturated carbocycles. The van der Waals surface area contributed by atoms with Crippen LogP contribution in [0.25, 0.3) is 16.5 Å². The summed E-state index contributed by atoms with van der Waals surface area (Å²) >= 11 is 0. The van der Waals surface area contributed by atoms with Crippen molar-refractivity contribution in [2.24, 2.45) is 4.99 Å². The summed E-state index contributed by atoms with van der Waals surface area (Å²) in [5, 5.41) is 11.5. The van der Waals surface area contributed by atoms with Crippen LogP contribution in [-0.2, 0) is 5.54 Å². The van der Waals surface area contributed by atoms with Crippen molar-refractivity contribution in [3.8, 4) is 0 Å². The molecular weight excluding hydrogens is 434 g/mol. The second kappa shape index (κ2) is 10.0. The van der Waals surface area contributed by atoms with Crippen LogP contribution in [0.5, 0.6) is 0 Å². The highest BCUT2D eigenvalue weighted by molar-refractivity contribution is 6.05. The third-order valence-corrected chi connectivity index (χ3v) is 7.18. The summed E-state index contributed by atoms with van der Waals surface area (Å²) in [4.78, 5) is 19.8. The minimum atomic E-state index is -0.275. The zero-order chi connectivity index (χ0) is 24.3. The van der Waals surface area contributed by atoms with E-state index in [9.17, 15) is 4.79 Å². The van der Waals surface area contributed by atoms with E-state index in [0.29, 0.717) is 5.69 Å². The van der Waals surface area contributed by atoms with Crippen LogP contribution in [0.2, 0.25) is 0 Å². The van der Waals surface area contributed by atoms with Crippen LogP contribution in [0.3, 0.4) is 0 Å². The van der Waals surface area contributed by atoms with Crippen molar-refractivity contribution >= 4 is 29.1 Å².